The highest BCUT2D eigenvalue weighted by Crippen LogP contribution is 2.29. The van der Waals surface area contributed by atoms with Gasteiger partial charge in [-0.1, -0.05) is 29.8 Å². The zero-order valence-electron chi connectivity index (χ0n) is 12.2. The van der Waals surface area contributed by atoms with Crippen molar-refractivity contribution >= 4 is 28.3 Å². The fourth-order valence-corrected chi connectivity index (χ4v) is 2.92. The van der Waals surface area contributed by atoms with Crippen molar-refractivity contribution < 1.29 is 0 Å². The smallest absolute Gasteiger partial charge is 0.183 e. The van der Waals surface area contributed by atoms with Gasteiger partial charge in [-0.3, -0.25) is 4.40 Å². The number of halogens is 1. The minimum Gasteiger partial charge on any atom is -0.272 e. The summed E-state index contributed by atoms with van der Waals surface area (Å²) in [6.07, 6.45) is 0. The molecule has 2 aromatic carbocycles. The van der Waals surface area contributed by atoms with Gasteiger partial charge in [0.05, 0.1) is 21.7 Å². The Bertz CT molecular complexity index is 1020. The van der Waals surface area contributed by atoms with Crippen LogP contribution < -0.4 is 0 Å². The summed E-state index contributed by atoms with van der Waals surface area (Å²) in [7, 11) is 0. The van der Waals surface area contributed by atoms with Gasteiger partial charge >= 0.3 is 0 Å². The second kappa shape index (κ2) is 4.78. The molecule has 5 heteroatoms. The Morgan fingerprint density at radius 3 is 2.64 bits per heavy atom. The zero-order chi connectivity index (χ0) is 15.3. The van der Waals surface area contributed by atoms with Crippen molar-refractivity contribution in [3.63, 3.8) is 0 Å². The molecule has 0 aliphatic carbocycles. The first kappa shape index (κ1) is 13.2. The summed E-state index contributed by atoms with van der Waals surface area (Å²) in [5.41, 5.74) is 5.54. The van der Waals surface area contributed by atoms with Gasteiger partial charge in [0.1, 0.15) is 0 Å². The minimum absolute atomic E-state index is 0.659. The predicted octanol–water partition coefficient (Wildman–Crippen LogP) is 4.21. The Balaban J connectivity index is 2.19. The normalized spacial score (nSPS) is 11.4. The molecule has 0 atom stereocenters. The average Bonchev–Trinajstić information content (AvgIpc) is 2.94. The Morgan fingerprint density at radius 1 is 1.00 bits per heavy atom. The van der Waals surface area contributed by atoms with Crippen molar-refractivity contribution in [3.8, 4) is 11.4 Å². The largest absolute Gasteiger partial charge is 0.272 e. The fraction of sp³-hybridized carbons (Fsp3) is 0.118. The lowest BCUT2D eigenvalue weighted by Gasteiger charge is -2.08. The molecule has 0 spiro atoms. The molecule has 4 aromatic rings. The Labute approximate surface area is 132 Å². The summed E-state index contributed by atoms with van der Waals surface area (Å²) >= 11 is 6.34. The van der Waals surface area contributed by atoms with Gasteiger partial charge in [-0.2, -0.15) is 0 Å². The van der Waals surface area contributed by atoms with Crippen LogP contribution in [0.3, 0.4) is 0 Å². The molecule has 22 heavy (non-hydrogen) atoms. The molecule has 0 amide bonds. The average molecular weight is 309 g/mol. The van der Waals surface area contributed by atoms with Crippen LogP contribution in [0.25, 0.3) is 28.1 Å². The third-order valence-corrected chi connectivity index (χ3v) is 4.09. The first-order valence-corrected chi connectivity index (χ1v) is 7.40. The minimum atomic E-state index is 0.659. The summed E-state index contributed by atoms with van der Waals surface area (Å²) in [5.74, 6) is 0.738. The number of benzene rings is 2. The number of aryl methyl sites for hydroxylation is 2. The number of fused-ring (bicyclic) bond motifs is 3. The van der Waals surface area contributed by atoms with Crippen LogP contribution in [0.1, 0.15) is 11.3 Å². The Morgan fingerprint density at radius 2 is 1.82 bits per heavy atom. The molecule has 2 aromatic heterocycles. The van der Waals surface area contributed by atoms with Crippen molar-refractivity contribution in [3.05, 3.63) is 58.7 Å². The molecule has 0 aliphatic heterocycles. The van der Waals surface area contributed by atoms with E-state index in [1.165, 1.54) is 5.56 Å². The molecule has 0 radical (unpaired) electrons. The van der Waals surface area contributed by atoms with Crippen molar-refractivity contribution in [1.29, 1.82) is 0 Å². The van der Waals surface area contributed by atoms with E-state index in [0.29, 0.717) is 5.02 Å². The van der Waals surface area contributed by atoms with Crippen LogP contribution >= 0.6 is 11.6 Å². The van der Waals surface area contributed by atoms with Gasteiger partial charge in [0.15, 0.2) is 11.5 Å². The van der Waals surface area contributed by atoms with Gasteiger partial charge in [0, 0.05) is 5.56 Å². The molecular formula is C17H13ClN4. The van der Waals surface area contributed by atoms with Crippen LogP contribution in [0.2, 0.25) is 5.02 Å². The molecule has 4 rings (SSSR count). The second-order valence-electron chi connectivity index (χ2n) is 5.35. The molecule has 2 heterocycles. The summed E-state index contributed by atoms with van der Waals surface area (Å²) in [6.45, 7) is 4.00. The van der Waals surface area contributed by atoms with Gasteiger partial charge < -0.3 is 0 Å². The van der Waals surface area contributed by atoms with Crippen LogP contribution in [0.5, 0.6) is 0 Å². The van der Waals surface area contributed by atoms with Crippen molar-refractivity contribution in [2.24, 2.45) is 0 Å². The van der Waals surface area contributed by atoms with Gasteiger partial charge in [0.2, 0.25) is 0 Å². The van der Waals surface area contributed by atoms with Crippen LogP contribution in [0.4, 0.5) is 0 Å². The van der Waals surface area contributed by atoms with Gasteiger partial charge in [-0.05, 0) is 43.7 Å². The van der Waals surface area contributed by atoms with E-state index in [-0.39, 0.29) is 0 Å². The number of hydrogen-bond donors (Lipinski definition) is 0. The molecular weight excluding hydrogens is 296 g/mol. The maximum atomic E-state index is 6.34. The molecule has 0 fully saturated rings. The monoisotopic (exact) mass is 308 g/mol. The molecule has 4 nitrogen and oxygen atoms in total. The van der Waals surface area contributed by atoms with E-state index in [4.69, 9.17) is 11.6 Å². The van der Waals surface area contributed by atoms with E-state index >= 15 is 0 Å². The summed E-state index contributed by atoms with van der Waals surface area (Å²) in [4.78, 5) is 4.62. The quantitative estimate of drug-likeness (QED) is 0.529. The van der Waals surface area contributed by atoms with E-state index in [9.17, 15) is 0 Å². The molecule has 108 valence electrons. The van der Waals surface area contributed by atoms with Crippen molar-refractivity contribution in [2.75, 3.05) is 0 Å². The standard InChI is InChI=1S/C17H13ClN4/c1-10-7-8-14-15(9-10)22-16(11(2)19-14)20-21-17(22)12-5-3-4-6-13(12)18/h3-9H,1-2H3. The van der Waals surface area contributed by atoms with E-state index in [1.807, 2.05) is 41.7 Å². The summed E-state index contributed by atoms with van der Waals surface area (Å²) < 4.78 is 2.03. The van der Waals surface area contributed by atoms with E-state index in [1.54, 1.807) is 0 Å². The number of rotatable bonds is 1. The topological polar surface area (TPSA) is 43.1 Å². The van der Waals surface area contributed by atoms with Gasteiger partial charge in [-0.15, -0.1) is 10.2 Å². The van der Waals surface area contributed by atoms with Crippen molar-refractivity contribution in [2.45, 2.75) is 13.8 Å². The maximum Gasteiger partial charge on any atom is 0.183 e. The molecule has 0 N–H and O–H groups in total. The lowest BCUT2D eigenvalue weighted by atomic mass is 10.2. The van der Waals surface area contributed by atoms with Crippen LogP contribution in [0, 0.1) is 13.8 Å². The number of nitrogens with zero attached hydrogens (tertiary/aromatic N) is 4. The summed E-state index contributed by atoms with van der Waals surface area (Å²) in [5, 5.41) is 9.32. The van der Waals surface area contributed by atoms with E-state index in [2.05, 4.69) is 34.2 Å². The Kier molecular flexibility index (Phi) is 2.87. The Hall–Kier alpha value is -2.46. The van der Waals surface area contributed by atoms with Gasteiger partial charge in [0.25, 0.3) is 0 Å². The highest BCUT2D eigenvalue weighted by Gasteiger charge is 2.16. The molecule has 0 aliphatic rings. The first-order chi connectivity index (χ1) is 10.6. The SMILES string of the molecule is Cc1ccc2nc(C)c3nnc(-c4ccccc4Cl)n3c2c1. The van der Waals surface area contributed by atoms with Crippen molar-refractivity contribution in [1.82, 2.24) is 19.6 Å². The van der Waals surface area contributed by atoms with Crippen LogP contribution in [0.15, 0.2) is 42.5 Å². The van der Waals surface area contributed by atoms with Gasteiger partial charge in [-0.25, -0.2) is 4.98 Å². The van der Waals surface area contributed by atoms with E-state index < -0.39 is 0 Å². The lowest BCUT2D eigenvalue weighted by Crippen LogP contribution is -1.98. The number of aromatic nitrogens is 4. The number of hydrogen-bond acceptors (Lipinski definition) is 3. The van der Waals surface area contributed by atoms with E-state index in [0.717, 1.165) is 33.8 Å². The maximum absolute atomic E-state index is 6.34. The lowest BCUT2D eigenvalue weighted by molar-refractivity contribution is 1.11. The highest BCUT2D eigenvalue weighted by molar-refractivity contribution is 6.33. The highest BCUT2D eigenvalue weighted by atomic mass is 35.5. The summed E-state index contributed by atoms with van der Waals surface area (Å²) in [6, 6.07) is 13.8. The third-order valence-electron chi connectivity index (χ3n) is 3.76. The second-order valence-corrected chi connectivity index (χ2v) is 5.76. The third kappa shape index (κ3) is 1.88. The first-order valence-electron chi connectivity index (χ1n) is 7.02. The van der Waals surface area contributed by atoms with Crippen LogP contribution in [-0.2, 0) is 0 Å². The van der Waals surface area contributed by atoms with Crippen LogP contribution in [-0.4, -0.2) is 19.6 Å². The fourth-order valence-electron chi connectivity index (χ4n) is 2.70. The molecule has 0 saturated carbocycles. The predicted molar refractivity (Wildman–Crippen MR) is 88.2 cm³/mol. The zero-order valence-corrected chi connectivity index (χ0v) is 13.0. The molecule has 0 unspecified atom stereocenters. The molecule has 0 saturated heterocycles. The molecule has 0 bridgehead atoms.